The lowest BCUT2D eigenvalue weighted by Gasteiger charge is -2.05. The average molecular weight is 274 g/mol. The van der Waals surface area contributed by atoms with Crippen LogP contribution in [0.3, 0.4) is 0 Å². The monoisotopic (exact) mass is 274 g/mol. The summed E-state index contributed by atoms with van der Waals surface area (Å²) < 4.78 is 6.04. The Morgan fingerprint density at radius 1 is 1.47 bits per heavy atom. The molecule has 0 amide bonds. The number of carbonyl (C=O) groups is 1. The van der Waals surface area contributed by atoms with Crippen molar-refractivity contribution in [2.45, 2.75) is 4.90 Å². The predicted octanol–water partition coefficient (Wildman–Crippen LogP) is 1.81. The highest BCUT2D eigenvalue weighted by Crippen LogP contribution is 2.21. The highest BCUT2D eigenvalue weighted by atomic mass is 32.2. The molecule has 1 aromatic heterocycles. The fourth-order valence-electron chi connectivity index (χ4n) is 1.54. The van der Waals surface area contributed by atoms with E-state index in [4.69, 9.17) is 11.0 Å². The van der Waals surface area contributed by atoms with Crippen LogP contribution in [0.4, 0.5) is 5.82 Å². The number of thioether (sulfide) groups is 1. The zero-order valence-corrected chi connectivity index (χ0v) is 10.8. The number of rotatable bonds is 3. The Kier molecular flexibility index (Phi) is 3.73. The van der Waals surface area contributed by atoms with Gasteiger partial charge in [0.2, 0.25) is 0 Å². The zero-order valence-electron chi connectivity index (χ0n) is 10.0. The van der Waals surface area contributed by atoms with Gasteiger partial charge in [0, 0.05) is 4.90 Å². The lowest BCUT2D eigenvalue weighted by molar-refractivity contribution is 0.0602. The van der Waals surface area contributed by atoms with Gasteiger partial charge in [0.05, 0.1) is 19.0 Å². The molecule has 0 bridgehead atoms. The molecule has 19 heavy (non-hydrogen) atoms. The lowest BCUT2D eigenvalue weighted by atomic mass is 10.3. The number of nitrogens with zero attached hydrogens (tertiary/aromatic N) is 3. The molecular formula is C12H10N4O2S. The highest BCUT2D eigenvalue weighted by Gasteiger charge is 2.16. The number of hydrogen-bond donors (Lipinski definition) is 1. The van der Waals surface area contributed by atoms with Gasteiger partial charge >= 0.3 is 5.97 Å². The molecular weight excluding hydrogens is 264 g/mol. The first-order chi connectivity index (χ1) is 9.17. The lowest BCUT2D eigenvalue weighted by Crippen LogP contribution is -2.07. The third-order valence-electron chi connectivity index (χ3n) is 2.46. The number of esters is 1. The van der Waals surface area contributed by atoms with Crippen LogP contribution >= 0.6 is 11.8 Å². The first kappa shape index (κ1) is 13.0. The van der Waals surface area contributed by atoms with Crippen molar-refractivity contribution in [1.29, 1.82) is 5.26 Å². The smallest absolute Gasteiger partial charge is 0.343 e. The number of hydrogen-bond acceptors (Lipinski definition) is 6. The number of nitrogen functional groups attached to an aromatic ring is 1. The van der Waals surface area contributed by atoms with Crippen molar-refractivity contribution in [3.05, 3.63) is 36.0 Å². The molecule has 2 aromatic rings. The molecule has 0 aliphatic heterocycles. The van der Waals surface area contributed by atoms with Crippen LogP contribution in [-0.4, -0.2) is 22.9 Å². The topological polar surface area (TPSA) is 93.9 Å². The molecule has 0 radical (unpaired) electrons. The fraction of sp³-hybridized carbons (Fsp3) is 0.0833. The Balaban J connectivity index is 2.35. The quantitative estimate of drug-likeness (QED) is 0.521. The van der Waals surface area contributed by atoms with Crippen molar-refractivity contribution in [2.24, 2.45) is 0 Å². The number of nitriles is 1. The van der Waals surface area contributed by atoms with E-state index in [0.717, 1.165) is 16.7 Å². The summed E-state index contributed by atoms with van der Waals surface area (Å²) >= 11 is 1.07. The van der Waals surface area contributed by atoms with E-state index in [1.54, 1.807) is 24.3 Å². The first-order valence-electron chi connectivity index (χ1n) is 5.25. The van der Waals surface area contributed by atoms with Gasteiger partial charge in [-0.05, 0) is 36.0 Å². The summed E-state index contributed by atoms with van der Waals surface area (Å²) in [5.41, 5.74) is 6.77. The summed E-state index contributed by atoms with van der Waals surface area (Å²) in [4.78, 5) is 12.2. The molecule has 0 fully saturated rings. The van der Waals surface area contributed by atoms with Gasteiger partial charge in [-0.15, -0.1) is 0 Å². The second-order valence-electron chi connectivity index (χ2n) is 3.53. The van der Waals surface area contributed by atoms with Crippen LogP contribution in [0.2, 0.25) is 0 Å². The summed E-state index contributed by atoms with van der Waals surface area (Å²) in [7, 11) is 1.28. The molecule has 0 unspecified atom stereocenters. The van der Waals surface area contributed by atoms with Crippen LogP contribution in [0.5, 0.6) is 0 Å². The number of methoxy groups -OCH3 is 1. The van der Waals surface area contributed by atoms with Gasteiger partial charge in [-0.3, -0.25) is 0 Å². The van der Waals surface area contributed by atoms with Crippen molar-refractivity contribution in [2.75, 3.05) is 12.8 Å². The van der Waals surface area contributed by atoms with Crippen molar-refractivity contribution >= 4 is 23.5 Å². The van der Waals surface area contributed by atoms with Crippen LogP contribution in [0.1, 0.15) is 10.4 Å². The summed E-state index contributed by atoms with van der Waals surface area (Å²) in [6.45, 7) is 0. The second kappa shape index (κ2) is 5.46. The molecule has 1 heterocycles. The standard InChI is InChI=1S/C12H10N4O2S/c1-18-12(17)10-6-15-16(11(10)14)8-2-4-9(5-3-8)19-7-13/h2-6H,14H2,1H3. The number of benzene rings is 1. The van der Waals surface area contributed by atoms with E-state index in [9.17, 15) is 4.79 Å². The largest absolute Gasteiger partial charge is 0.465 e. The summed E-state index contributed by atoms with van der Waals surface area (Å²) in [6, 6.07) is 7.10. The van der Waals surface area contributed by atoms with E-state index in [0.29, 0.717) is 5.69 Å². The maximum atomic E-state index is 11.4. The van der Waals surface area contributed by atoms with Crippen LogP contribution in [-0.2, 0) is 4.74 Å². The molecule has 0 atom stereocenters. The van der Waals surface area contributed by atoms with Gasteiger partial charge in [0.1, 0.15) is 16.8 Å². The number of carbonyl (C=O) groups excluding carboxylic acids is 1. The van der Waals surface area contributed by atoms with Crippen molar-refractivity contribution in [3.8, 4) is 11.1 Å². The van der Waals surface area contributed by atoms with E-state index in [1.165, 1.54) is 18.0 Å². The summed E-state index contributed by atoms with van der Waals surface area (Å²) in [6.07, 6.45) is 1.36. The van der Waals surface area contributed by atoms with Crippen LogP contribution in [0.15, 0.2) is 35.4 Å². The van der Waals surface area contributed by atoms with Gasteiger partial charge in [0.15, 0.2) is 0 Å². The third kappa shape index (κ3) is 2.53. The fourth-order valence-corrected chi connectivity index (χ4v) is 1.92. The highest BCUT2D eigenvalue weighted by molar-refractivity contribution is 8.03. The molecule has 1 aromatic carbocycles. The molecule has 0 spiro atoms. The zero-order chi connectivity index (χ0) is 13.8. The first-order valence-corrected chi connectivity index (χ1v) is 6.07. The molecule has 0 aliphatic rings. The number of ether oxygens (including phenoxy) is 1. The Morgan fingerprint density at radius 3 is 2.74 bits per heavy atom. The minimum atomic E-state index is -0.527. The van der Waals surface area contributed by atoms with Gasteiger partial charge in [-0.2, -0.15) is 10.4 Å². The van der Waals surface area contributed by atoms with E-state index < -0.39 is 5.97 Å². The molecule has 0 saturated heterocycles. The van der Waals surface area contributed by atoms with Crippen LogP contribution in [0, 0.1) is 10.7 Å². The molecule has 7 heteroatoms. The summed E-state index contributed by atoms with van der Waals surface area (Å²) in [5, 5.41) is 14.6. The van der Waals surface area contributed by atoms with Crippen molar-refractivity contribution in [3.63, 3.8) is 0 Å². The maximum absolute atomic E-state index is 11.4. The van der Waals surface area contributed by atoms with E-state index in [2.05, 4.69) is 9.84 Å². The number of anilines is 1. The van der Waals surface area contributed by atoms with Crippen LogP contribution in [0.25, 0.3) is 5.69 Å². The molecule has 2 N–H and O–H groups in total. The molecule has 0 aliphatic carbocycles. The van der Waals surface area contributed by atoms with Crippen molar-refractivity contribution in [1.82, 2.24) is 9.78 Å². The predicted molar refractivity (Wildman–Crippen MR) is 70.8 cm³/mol. The van der Waals surface area contributed by atoms with E-state index in [-0.39, 0.29) is 11.4 Å². The number of nitrogens with two attached hydrogens (primary N) is 1. The van der Waals surface area contributed by atoms with Gasteiger partial charge in [-0.1, -0.05) is 0 Å². The average Bonchev–Trinajstić information content (AvgIpc) is 2.81. The Morgan fingerprint density at radius 2 is 2.16 bits per heavy atom. The normalized spacial score (nSPS) is 9.89. The Labute approximate surface area is 113 Å². The molecule has 96 valence electrons. The number of thiocyanates is 1. The minimum Gasteiger partial charge on any atom is -0.465 e. The molecule has 2 rings (SSSR count). The van der Waals surface area contributed by atoms with E-state index >= 15 is 0 Å². The number of aromatic nitrogens is 2. The van der Waals surface area contributed by atoms with Crippen LogP contribution < -0.4 is 5.73 Å². The summed E-state index contributed by atoms with van der Waals surface area (Å²) in [5.74, 6) is -0.312. The van der Waals surface area contributed by atoms with E-state index in [1.807, 2.05) is 5.40 Å². The molecule has 0 saturated carbocycles. The van der Waals surface area contributed by atoms with Gasteiger partial charge in [0.25, 0.3) is 0 Å². The van der Waals surface area contributed by atoms with Crippen molar-refractivity contribution < 1.29 is 9.53 Å². The van der Waals surface area contributed by atoms with Gasteiger partial charge in [-0.25, -0.2) is 9.48 Å². The Hall–Kier alpha value is -2.46. The minimum absolute atomic E-state index is 0.215. The third-order valence-corrected chi connectivity index (χ3v) is 3.06. The Bertz CT molecular complexity index is 643. The second-order valence-corrected chi connectivity index (χ2v) is 4.39. The maximum Gasteiger partial charge on any atom is 0.343 e. The van der Waals surface area contributed by atoms with Gasteiger partial charge < -0.3 is 10.5 Å². The molecule has 6 nitrogen and oxygen atoms in total. The SMILES string of the molecule is COC(=O)c1cnn(-c2ccc(SC#N)cc2)c1N.